The molecular weight excluding hydrogens is 487 g/mol. The number of para-hydroxylation sites is 1. The summed E-state index contributed by atoms with van der Waals surface area (Å²) in [5.74, 6) is 4.11. The molecule has 3 aromatic carbocycles. The molecule has 0 unspecified atom stereocenters. The zero-order chi connectivity index (χ0) is 20.9. The molecule has 0 aliphatic heterocycles. The molecule has 0 aromatic heterocycles. The van der Waals surface area contributed by atoms with Crippen LogP contribution in [0, 0.1) is 5.92 Å². The molecule has 162 valence electrons. The van der Waals surface area contributed by atoms with Crippen molar-refractivity contribution in [2.75, 3.05) is 0 Å². The summed E-state index contributed by atoms with van der Waals surface area (Å²) < 4.78 is 11.4. The van der Waals surface area contributed by atoms with Crippen LogP contribution in [0.4, 0.5) is 0 Å². The van der Waals surface area contributed by atoms with Gasteiger partial charge in [0, 0.05) is 0 Å². The number of hydrogen-bond donors (Lipinski definition) is 1. The van der Waals surface area contributed by atoms with Crippen molar-refractivity contribution in [2.45, 2.75) is 46.5 Å². The fourth-order valence-electron chi connectivity index (χ4n) is 2.98. The van der Waals surface area contributed by atoms with Gasteiger partial charge in [0.1, 0.15) is 28.7 Å². The van der Waals surface area contributed by atoms with Gasteiger partial charge < -0.3 is 14.6 Å². The Morgan fingerprint density at radius 2 is 1.00 bits per heavy atom. The first-order valence-corrected chi connectivity index (χ1v) is 10.4. The highest BCUT2D eigenvalue weighted by Gasteiger charge is 2.00. The summed E-state index contributed by atoms with van der Waals surface area (Å²) in [7, 11) is 0. The lowest BCUT2D eigenvalue weighted by Crippen LogP contribution is -1.91. The topological polar surface area (TPSA) is 38.7 Å². The molecule has 0 fully saturated rings. The second-order valence-electron chi connectivity index (χ2n) is 7.17. The van der Waals surface area contributed by atoms with Crippen molar-refractivity contribution in [3.05, 3.63) is 78.9 Å². The molecule has 0 aliphatic carbocycles. The fraction of sp³-hybridized carbons (Fsp3) is 0.308. The van der Waals surface area contributed by atoms with Gasteiger partial charge in [-0.3, -0.25) is 0 Å². The molecule has 0 aliphatic rings. The summed E-state index contributed by atoms with van der Waals surface area (Å²) in [6.07, 6.45) is 5.52. The number of ether oxygens (including phenoxy) is 2. The molecule has 0 amide bonds. The predicted octanol–water partition coefficient (Wildman–Crippen LogP) is 8.82. The van der Waals surface area contributed by atoms with Crippen LogP contribution in [0.1, 0.15) is 46.5 Å². The molecule has 0 atom stereocenters. The van der Waals surface area contributed by atoms with E-state index < -0.39 is 0 Å². The molecule has 3 rings (SSSR count). The Balaban J connectivity index is 0.000000431. The summed E-state index contributed by atoms with van der Waals surface area (Å²) in [5, 5.41) is 9.23. The standard InChI is InChI=1S/C18H14O3.C8H18.HI/c19-14-6-8-16(9-7-14)21-18-12-10-17(11-13-18)20-15-4-2-1-3-5-15;1-4-6-8(3)7-5-2;/h1-13,19H;8H,4-7H2,1-3H3;1H. The smallest absolute Gasteiger partial charge is 0.127 e. The normalized spacial score (nSPS) is 9.87. The van der Waals surface area contributed by atoms with Gasteiger partial charge in [-0.25, -0.2) is 0 Å². The zero-order valence-corrected chi connectivity index (χ0v) is 20.4. The summed E-state index contributed by atoms with van der Waals surface area (Å²) in [6.45, 7) is 6.85. The van der Waals surface area contributed by atoms with Crippen LogP contribution < -0.4 is 9.47 Å². The van der Waals surface area contributed by atoms with Crippen molar-refractivity contribution < 1.29 is 14.6 Å². The van der Waals surface area contributed by atoms with Crippen molar-refractivity contribution in [2.24, 2.45) is 5.92 Å². The Labute approximate surface area is 198 Å². The van der Waals surface area contributed by atoms with Gasteiger partial charge in [0.2, 0.25) is 0 Å². The Kier molecular flexibility index (Phi) is 12.7. The predicted molar refractivity (Wildman–Crippen MR) is 136 cm³/mol. The molecule has 0 spiro atoms. The number of aromatic hydroxyl groups is 1. The van der Waals surface area contributed by atoms with Gasteiger partial charge in [-0.2, -0.15) is 0 Å². The van der Waals surface area contributed by atoms with E-state index in [-0.39, 0.29) is 29.7 Å². The number of rotatable bonds is 8. The van der Waals surface area contributed by atoms with E-state index in [4.69, 9.17) is 9.47 Å². The van der Waals surface area contributed by atoms with E-state index in [1.54, 1.807) is 24.3 Å². The maximum atomic E-state index is 9.23. The molecular formula is C26H33IO3. The van der Waals surface area contributed by atoms with Crippen molar-refractivity contribution in [1.29, 1.82) is 0 Å². The van der Waals surface area contributed by atoms with E-state index in [0.717, 1.165) is 17.4 Å². The van der Waals surface area contributed by atoms with Crippen LogP contribution in [0.15, 0.2) is 78.9 Å². The van der Waals surface area contributed by atoms with Crippen LogP contribution in [0.3, 0.4) is 0 Å². The Morgan fingerprint density at radius 1 is 0.633 bits per heavy atom. The highest BCUT2D eigenvalue weighted by Crippen LogP contribution is 2.27. The van der Waals surface area contributed by atoms with Gasteiger partial charge in [-0.15, -0.1) is 24.0 Å². The van der Waals surface area contributed by atoms with E-state index in [9.17, 15) is 5.11 Å². The molecule has 1 N–H and O–H groups in total. The van der Waals surface area contributed by atoms with Gasteiger partial charge in [0.25, 0.3) is 0 Å². The van der Waals surface area contributed by atoms with Gasteiger partial charge in [0.05, 0.1) is 0 Å². The van der Waals surface area contributed by atoms with E-state index >= 15 is 0 Å². The maximum Gasteiger partial charge on any atom is 0.127 e. The molecule has 0 saturated heterocycles. The third-order valence-electron chi connectivity index (χ3n) is 4.44. The first-order chi connectivity index (χ1) is 14.1. The van der Waals surface area contributed by atoms with Crippen LogP contribution >= 0.6 is 24.0 Å². The summed E-state index contributed by atoms with van der Waals surface area (Å²) >= 11 is 0. The van der Waals surface area contributed by atoms with E-state index in [1.165, 1.54) is 25.7 Å². The van der Waals surface area contributed by atoms with Gasteiger partial charge in [0.15, 0.2) is 0 Å². The minimum atomic E-state index is 0. The lowest BCUT2D eigenvalue weighted by Gasteiger charge is -2.08. The van der Waals surface area contributed by atoms with E-state index in [1.807, 2.05) is 54.6 Å². The highest BCUT2D eigenvalue weighted by atomic mass is 127. The number of hydrogen-bond acceptors (Lipinski definition) is 3. The number of phenols is 1. The average Bonchev–Trinajstić information content (AvgIpc) is 2.73. The fourth-order valence-corrected chi connectivity index (χ4v) is 2.98. The van der Waals surface area contributed by atoms with E-state index in [0.29, 0.717) is 11.5 Å². The van der Waals surface area contributed by atoms with Crippen molar-refractivity contribution >= 4 is 24.0 Å². The van der Waals surface area contributed by atoms with Gasteiger partial charge in [-0.1, -0.05) is 64.7 Å². The third-order valence-corrected chi connectivity index (χ3v) is 4.44. The second kappa shape index (κ2) is 14.7. The third kappa shape index (κ3) is 10.0. The number of halogens is 1. The van der Waals surface area contributed by atoms with E-state index in [2.05, 4.69) is 20.8 Å². The summed E-state index contributed by atoms with van der Waals surface area (Å²) in [4.78, 5) is 0. The van der Waals surface area contributed by atoms with Crippen LogP contribution in [0.25, 0.3) is 0 Å². The average molecular weight is 520 g/mol. The maximum absolute atomic E-state index is 9.23. The summed E-state index contributed by atoms with van der Waals surface area (Å²) in [6, 6.07) is 23.6. The lowest BCUT2D eigenvalue weighted by atomic mass is 10.0. The second-order valence-corrected chi connectivity index (χ2v) is 7.17. The Bertz CT molecular complexity index is 796. The molecule has 0 radical (unpaired) electrons. The minimum absolute atomic E-state index is 0. The lowest BCUT2D eigenvalue weighted by molar-refractivity contribution is 0.461. The molecule has 30 heavy (non-hydrogen) atoms. The van der Waals surface area contributed by atoms with Gasteiger partial charge >= 0.3 is 0 Å². The first kappa shape index (κ1) is 25.8. The molecule has 0 saturated carbocycles. The Hall–Kier alpha value is -2.21. The highest BCUT2D eigenvalue weighted by molar-refractivity contribution is 14.0. The SMILES string of the molecule is CCCC(C)CCC.I.Oc1ccc(Oc2ccc(Oc3ccccc3)cc2)cc1. The Morgan fingerprint density at radius 3 is 1.40 bits per heavy atom. The monoisotopic (exact) mass is 520 g/mol. The van der Waals surface area contributed by atoms with Crippen LogP contribution in [-0.4, -0.2) is 5.11 Å². The van der Waals surface area contributed by atoms with Crippen molar-refractivity contribution in [1.82, 2.24) is 0 Å². The van der Waals surface area contributed by atoms with Crippen molar-refractivity contribution in [3.63, 3.8) is 0 Å². The van der Waals surface area contributed by atoms with Crippen LogP contribution in [0.2, 0.25) is 0 Å². The molecule has 0 heterocycles. The quantitative estimate of drug-likeness (QED) is 0.302. The largest absolute Gasteiger partial charge is 0.508 e. The number of phenolic OH excluding ortho intramolecular Hbond substituents is 1. The molecule has 4 heteroatoms. The first-order valence-electron chi connectivity index (χ1n) is 10.4. The van der Waals surface area contributed by atoms with Crippen LogP contribution in [-0.2, 0) is 0 Å². The van der Waals surface area contributed by atoms with Crippen LogP contribution in [0.5, 0.6) is 28.7 Å². The number of benzene rings is 3. The minimum Gasteiger partial charge on any atom is -0.508 e. The molecule has 3 aromatic rings. The summed E-state index contributed by atoms with van der Waals surface area (Å²) in [5.41, 5.74) is 0. The zero-order valence-electron chi connectivity index (χ0n) is 18.1. The molecule has 3 nitrogen and oxygen atoms in total. The van der Waals surface area contributed by atoms with Crippen molar-refractivity contribution in [3.8, 4) is 28.7 Å². The van der Waals surface area contributed by atoms with Gasteiger partial charge in [-0.05, 0) is 66.6 Å². The molecule has 0 bridgehead atoms.